The molecule has 2 aromatic heterocycles. The molecule has 5 nitrogen and oxygen atoms in total. The Bertz CT molecular complexity index is 1050. The van der Waals surface area contributed by atoms with E-state index in [9.17, 15) is 13.2 Å². The van der Waals surface area contributed by atoms with Crippen LogP contribution in [-0.4, -0.2) is 25.6 Å². The SMILES string of the molecule is CS(=O)(=O)c1ccc(CNC(=O)c2cncc(-c3cccs3)c2)c(Cl)c1. The van der Waals surface area contributed by atoms with Crippen molar-refractivity contribution in [3.05, 3.63) is 70.3 Å². The summed E-state index contributed by atoms with van der Waals surface area (Å²) >= 11 is 7.70. The smallest absolute Gasteiger partial charge is 0.253 e. The molecule has 0 saturated carbocycles. The van der Waals surface area contributed by atoms with E-state index in [1.807, 2.05) is 17.5 Å². The van der Waals surface area contributed by atoms with E-state index < -0.39 is 9.84 Å². The predicted octanol–water partition coefficient (Wildman–Crippen LogP) is 3.80. The molecule has 0 aliphatic rings. The van der Waals surface area contributed by atoms with Crippen LogP contribution in [0.3, 0.4) is 0 Å². The number of rotatable bonds is 5. The maximum Gasteiger partial charge on any atom is 0.253 e. The van der Waals surface area contributed by atoms with Gasteiger partial charge in [-0.2, -0.15) is 0 Å². The van der Waals surface area contributed by atoms with E-state index in [1.165, 1.54) is 18.3 Å². The quantitative estimate of drug-likeness (QED) is 0.699. The van der Waals surface area contributed by atoms with Crippen molar-refractivity contribution in [2.24, 2.45) is 0 Å². The topological polar surface area (TPSA) is 76.1 Å². The van der Waals surface area contributed by atoms with Crippen molar-refractivity contribution in [3.8, 4) is 10.4 Å². The van der Waals surface area contributed by atoms with Crippen LogP contribution in [0, 0.1) is 0 Å². The minimum atomic E-state index is -3.32. The molecule has 1 N–H and O–H groups in total. The highest BCUT2D eigenvalue weighted by molar-refractivity contribution is 7.90. The average Bonchev–Trinajstić information content (AvgIpc) is 3.14. The predicted molar refractivity (Wildman–Crippen MR) is 103 cm³/mol. The Labute approximate surface area is 160 Å². The molecule has 8 heteroatoms. The number of nitrogens with zero attached hydrogens (tertiary/aromatic N) is 1. The Kier molecular flexibility index (Phi) is 5.41. The van der Waals surface area contributed by atoms with Crippen molar-refractivity contribution in [2.75, 3.05) is 6.26 Å². The zero-order valence-electron chi connectivity index (χ0n) is 13.8. The molecule has 0 saturated heterocycles. The number of hydrogen-bond donors (Lipinski definition) is 1. The molecule has 0 fully saturated rings. The Balaban J connectivity index is 1.73. The number of thiophene rings is 1. The van der Waals surface area contributed by atoms with Gasteiger partial charge in [-0.1, -0.05) is 23.7 Å². The highest BCUT2D eigenvalue weighted by Crippen LogP contribution is 2.24. The standard InChI is InChI=1S/C18H15ClN2O3S2/c1-26(23,24)15-5-4-12(16(19)8-15)11-21-18(22)14-7-13(9-20-10-14)17-3-2-6-25-17/h2-10H,11H2,1H3,(H,21,22). The summed E-state index contributed by atoms with van der Waals surface area (Å²) in [5.74, 6) is -0.279. The minimum absolute atomic E-state index is 0.144. The third-order valence-electron chi connectivity index (χ3n) is 3.70. The van der Waals surface area contributed by atoms with Crippen LogP contribution < -0.4 is 5.32 Å². The highest BCUT2D eigenvalue weighted by atomic mass is 35.5. The molecular weight excluding hydrogens is 392 g/mol. The summed E-state index contributed by atoms with van der Waals surface area (Å²) in [7, 11) is -3.32. The Morgan fingerprint density at radius 2 is 2.04 bits per heavy atom. The summed E-state index contributed by atoms with van der Waals surface area (Å²) in [6.45, 7) is 0.185. The summed E-state index contributed by atoms with van der Waals surface area (Å²) in [5, 5.41) is 5.03. The van der Waals surface area contributed by atoms with Crippen molar-refractivity contribution in [3.63, 3.8) is 0 Å². The van der Waals surface area contributed by atoms with Crippen LogP contribution in [0.15, 0.2) is 59.1 Å². The van der Waals surface area contributed by atoms with Gasteiger partial charge in [0.15, 0.2) is 9.84 Å². The number of carbonyl (C=O) groups excluding carboxylic acids is 1. The van der Waals surface area contributed by atoms with E-state index in [-0.39, 0.29) is 17.3 Å². The van der Waals surface area contributed by atoms with E-state index >= 15 is 0 Å². The largest absolute Gasteiger partial charge is 0.348 e. The molecule has 3 aromatic rings. The van der Waals surface area contributed by atoms with Crippen LogP contribution in [0.25, 0.3) is 10.4 Å². The molecule has 3 rings (SSSR count). The lowest BCUT2D eigenvalue weighted by atomic mass is 10.1. The van der Waals surface area contributed by atoms with Crippen molar-refractivity contribution >= 4 is 38.7 Å². The number of nitrogens with one attached hydrogen (secondary N) is 1. The van der Waals surface area contributed by atoms with Gasteiger partial charge in [-0.15, -0.1) is 11.3 Å². The fourth-order valence-corrected chi connectivity index (χ4v) is 3.99. The summed E-state index contributed by atoms with van der Waals surface area (Å²) in [6.07, 6.45) is 4.33. The van der Waals surface area contributed by atoms with Crippen molar-refractivity contribution in [1.29, 1.82) is 0 Å². The maximum absolute atomic E-state index is 12.4. The van der Waals surface area contributed by atoms with Gasteiger partial charge < -0.3 is 5.32 Å². The fourth-order valence-electron chi connectivity index (χ4n) is 2.32. The van der Waals surface area contributed by atoms with E-state index in [0.29, 0.717) is 16.1 Å². The Morgan fingerprint density at radius 1 is 1.23 bits per heavy atom. The van der Waals surface area contributed by atoms with Crippen LogP contribution in [0.5, 0.6) is 0 Å². The number of hydrogen-bond acceptors (Lipinski definition) is 5. The zero-order valence-corrected chi connectivity index (χ0v) is 16.2. The molecule has 26 heavy (non-hydrogen) atoms. The molecule has 0 spiro atoms. The number of amides is 1. The molecular formula is C18H15ClN2O3S2. The van der Waals surface area contributed by atoms with Gasteiger partial charge in [0, 0.05) is 40.7 Å². The van der Waals surface area contributed by atoms with Gasteiger partial charge in [-0.25, -0.2) is 8.42 Å². The third-order valence-corrected chi connectivity index (χ3v) is 6.08. The Morgan fingerprint density at radius 3 is 2.69 bits per heavy atom. The van der Waals surface area contributed by atoms with Crippen LogP contribution in [0.2, 0.25) is 5.02 Å². The van der Waals surface area contributed by atoms with Gasteiger partial charge in [0.05, 0.1) is 10.5 Å². The molecule has 1 amide bonds. The first-order valence-electron chi connectivity index (χ1n) is 7.60. The minimum Gasteiger partial charge on any atom is -0.348 e. The molecule has 0 atom stereocenters. The lowest BCUT2D eigenvalue weighted by molar-refractivity contribution is 0.0950. The lowest BCUT2D eigenvalue weighted by Crippen LogP contribution is -2.23. The van der Waals surface area contributed by atoms with Gasteiger partial charge in [-0.3, -0.25) is 9.78 Å². The maximum atomic E-state index is 12.4. The molecule has 2 heterocycles. The number of pyridine rings is 1. The number of halogens is 1. The molecule has 134 valence electrons. The van der Waals surface area contributed by atoms with E-state index in [4.69, 9.17) is 11.6 Å². The number of carbonyl (C=O) groups is 1. The number of sulfone groups is 1. The van der Waals surface area contributed by atoms with Crippen molar-refractivity contribution in [2.45, 2.75) is 11.4 Å². The second-order valence-electron chi connectivity index (χ2n) is 5.65. The first-order chi connectivity index (χ1) is 12.3. The first-order valence-corrected chi connectivity index (χ1v) is 10.7. The third kappa shape index (κ3) is 4.30. The molecule has 1 aromatic carbocycles. The molecule has 0 radical (unpaired) electrons. The van der Waals surface area contributed by atoms with Crippen molar-refractivity contribution in [1.82, 2.24) is 10.3 Å². The molecule has 0 unspecified atom stereocenters. The summed E-state index contributed by atoms with van der Waals surface area (Å²) in [6, 6.07) is 10.1. The van der Waals surface area contributed by atoms with Crippen LogP contribution in [0.4, 0.5) is 0 Å². The van der Waals surface area contributed by atoms with Gasteiger partial charge in [-0.05, 0) is 35.2 Å². The van der Waals surface area contributed by atoms with Gasteiger partial charge in [0.2, 0.25) is 0 Å². The van der Waals surface area contributed by atoms with Gasteiger partial charge in [0.25, 0.3) is 5.91 Å². The fraction of sp³-hybridized carbons (Fsp3) is 0.111. The summed E-state index contributed by atoms with van der Waals surface area (Å²) < 4.78 is 23.1. The molecule has 0 bridgehead atoms. The normalized spacial score (nSPS) is 11.3. The summed E-state index contributed by atoms with van der Waals surface area (Å²) in [5.41, 5.74) is 1.96. The van der Waals surface area contributed by atoms with E-state index in [2.05, 4.69) is 10.3 Å². The van der Waals surface area contributed by atoms with Crippen molar-refractivity contribution < 1.29 is 13.2 Å². The van der Waals surface area contributed by atoms with Gasteiger partial charge in [0.1, 0.15) is 0 Å². The Hall–Kier alpha value is -2.22. The monoisotopic (exact) mass is 406 g/mol. The van der Waals surface area contributed by atoms with Crippen LogP contribution in [0.1, 0.15) is 15.9 Å². The molecule has 0 aliphatic carbocycles. The van der Waals surface area contributed by atoms with Gasteiger partial charge >= 0.3 is 0 Å². The number of aromatic nitrogens is 1. The highest BCUT2D eigenvalue weighted by Gasteiger charge is 2.12. The zero-order chi connectivity index (χ0) is 18.7. The van der Waals surface area contributed by atoms with Crippen LogP contribution in [-0.2, 0) is 16.4 Å². The second kappa shape index (κ2) is 7.57. The van der Waals surface area contributed by atoms with E-state index in [0.717, 1.165) is 16.7 Å². The average molecular weight is 407 g/mol. The summed E-state index contributed by atoms with van der Waals surface area (Å²) in [4.78, 5) is 17.7. The lowest BCUT2D eigenvalue weighted by Gasteiger charge is -2.09. The second-order valence-corrected chi connectivity index (χ2v) is 9.02. The first kappa shape index (κ1) is 18.6. The van der Waals surface area contributed by atoms with E-state index in [1.54, 1.807) is 29.7 Å². The number of benzene rings is 1. The molecule has 0 aliphatic heterocycles. The van der Waals surface area contributed by atoms with Crippen LogP contribution >= 0.6 is 22.9 Å².